The van der Waals surface area contributed by atoms with E-state index in [4.69, 9.17) is 4.74 Å². The Morgan fingerprint density at radius 3 is 2.90 bits per heavy atom. The van der Waals surface area contributed by atoms with Crippen molar-refractivity contribution in [3.05, 3.63) is 11.4 Å². The molecule has 1 saturated heterocycles. The Bertz CT molecular complexity index is 549. The fourth-order valence-corrected chi connectivity index (χ4v) is 4.02. The smallest absolute Gasteiger partial charge is 0.246 e. The average Bonchev–Trinajstić information content (AvgIpc) is 3.04. The van der Waals surface area contributed by atoms with E-state index in [2.05, 4.69) is 15.5 Å². The van der Waals surface area contributed by atoms with E-state index in [1.165, 1.54) is 4.31 Å². The van der Waals surface area contributed by atoms with Crippen molar-refractivity contribution >= 4 is 10.0 Å². The zero-order chi connectivity index (χ0) is 14.8. The average molecular weight is 302 g/mol. The third-order valence-corrected chi connectivity index (χ3v) is 5.67. The van der Waals surface area contributed by atoms with Crippen LogP contribution in [0.3, 0.4) is 0 Å². The molecule has 0 spiro atoms. The number of ether oxygens (including phenoxy) is 1. The summed E-state index contributed by atoms with van der Waals surface area (Å²) in [5.74, 6) is 0. The number of aryl methyl sites for hydroxylation is 1. The summed E-state index contributed by atoms with van der Waals surface area (Å²) in [5, 5.41) is 9.98. The van der Waals surface area contributed by atoms with E-state index in [1.54, 1.807) is 14.0 Å². The molecule has 1 aromatic heterocycles. The van der Waals surface area contributed by atoms with Gasteiger partial charge in [0.2, 0.25) is 10.0 Å². The van der Waals surface area contributed by atoms with Crippen LogP contribution in [0.1, 0.15) is 24.7 Å². The fourth-order valence-electron chi connectivity index (χ4n) is 2.32. The molecule has 0 aromatic carbocycles. The highest BCUT2D eigenvalue weighted by Crippen LogP contribution is 2.25. The molecule has 0 aliphatic carbocycles. The maximum absolute atomic E-state index is 12.8. The van der Waals surface area contributed by atoms with Crippen LogP contribution in [0, 0.1) is 6.92 Å². The first kappa shape index (κ1) is 15.4. The number of hydrogen-bond acceptors (Lipinski definition) is 5. The molecule has 1 atom stereocenters. The van der Waals surface area contributed by atoms with E-state index in [-0.39, 0.29) is 10.9 Å². The number of H-pyrrole nitrogens is 1. The molecule has 20 heavy (non-hydrogen) atoms. The predicted molar refractivity (Wildman–Crippen MR) is 74.9 cm³/mol. The molecular weight excluding hydrogens is 280 g/mol. The lowest BCUT2D eigenvalue weighted by Gasteiger charge is -2.22. The molecule has 0 saturated carbocycles. The van der Waals surface area contributed by atoms with Crippen LogP contribution >= 0.6 is 0 Å². The molecule has 1 unspecified atom stereocenters. The van der Waals surface area contributed by atoms with Crippen LogP contribution in [0.15, 0.2) is 4.90 Å². The van der Waals surface area contributed by atoms with Gasteiger partial charge in [-0.05, 0) is 19.9 Å². The molecule has 2 heterocycles. The summed E-state index contributed by atoms with van der Waals surface area (Å²) in [4.78, 5) is 0.285. The second-order valence-electron chi connectivity index (χ2n) is 4.94. The molecule has 1 fully saturated rings. The topological polar surface area (TPSA) is 87.3 Å². The minimum atomic E-state index is -3.55. The van der Waals surface area contributed by atoms with Crippen molar-refractivity contribution in [1.82, 2.24) is 19.8 Å². The number of aromatic nitrogens is 2. The Balaban J connectivity index is 2.30. The van der Waals surface area contributed by atoms with Gasteiger partial charge in [-0.1, -0.05) is 6.92 Å². The monoisotopic (exact) mass is 302 g/mol. The van der Waals surface area contributed by atoms with Crippen LogP contribution in [0.4, 0.5) is 0 Å². The van der Waals surface area contributed by atoms with Crippen LogP contribution in [-0.4, -0.2) is 55.8 Å². The van der Waals surface area contributed by atoms with E-state index < -0.39 is 10.0 Å². The summed E-state index contributed by atoms with van der Waals surface area (Å²) in [6, 6.07) is -0.0960. The van der Waals surface area contributed by atoms with Crippen LogP contribution < -0.4 is 5.32 Å². The van der Waals surface area contributed by atoms with Crippen molar-refractivity contribution in [3.63, 3.8) is 0 Å². The van der Waals surface area contributed by atoms with E-state index in [0.29, 0.717) is 31.1 Å². The first-order chi connectivity index (χ1) is 9.48. The second kappa shape index (κ2) is 6.21. The summed E-state index contributed by atoms with van der Waals surface area (Å²) in [7, 11) is -1.94. The van der Waals surface area contributed by atoms with Crippen molar-refractivity contribution in [2.45, 2.75) is 37.8 Å². The van der Waals surface area contributed by atoms with Crippen molar-refractivity contribution in [2.24, 2.45) is 0 Å². The molecule has 1 aromatic rings. The van der Waals surface area contributed by atoms with E-state index in [9.17, 15) is 8.42 Å². The van der Waals surface area contributed by atoms with Crippen LogP contribution in [-0.2, 0) is 21.3 Å². The molecule has 8 heteroatoms. The molecule has 2 rings (SSSR count). The number of hydrogen-bond donors (Lipinski definition) is 2. The normalized spacial score (nSPS) is 19.9. The summed E-state index contributed by atoms with van der Waals surface area (Å²) < 4.78 is 32.2. The van der Waals surface area contributed by atoms with Gasteiger partial charge in [0, 0.05) is 20.2 Å². The van der Waals surface area contributed by atoms with Gasteiger partial charge in [0.15, 0.2) is 0 Å². The Labute approximate surface area is 119 Å². The number of aromatic amines is 1. The van der Waals surface area contributed by atoms with E-state index >= 15 is 0 Å². The van der Waals surface area contributed by atoms with Crippen LogP contribution in [0.25, 0.3) is 0 Å². The highest BCUT2D eigenvalue weighted by molar-refractivity contribution is 7.89. The molecule has 1 aliphatic rings. The number of rotatable bonds is 6. The summed E-state index contributed by atoms with van der Waals surface area (Å²) >= 11 is 0. The third-order valence-electron chi connectivity index (χ3n) is 3.56. The lowest BCUT2D eigenvalue weighted by molar-refractivity contribution is 0.181. The second-order valence-corrected chi connectivity index (χ2v) is 6.88. The van der Waals surface area contributed by atoms with Crippen molar-refractivity contribution in [3.8, 4) is 0 Å². The van der Waals surface area contributed by atoms with Gasteiger partial charge in [-0.2, -0.15) is 9.40 Å². The maximum atomic E-state index is 12.8. The number of sulfonamides is 1. The predicted octanol–water partition coefficient (Wildman–Crippen LogP) is 0.237. The van der Waals surface area contributed by atoms with Gasteiger partial charge >= 0.3 is 0 Å². The Hall–Kier alpha value is -0.960. The van der Waals surface area contributed by atoms with Gasteiger partial charge in [0.25, 0.3) is 0 Å². The number of nitrogens with one attached hydrogen (secondary N) is 2. The fraction of sp³-hybridized carbons (Fsp3) is 0.750. The summed E-state index contributed by atoms with van der Waals surface area (Å²) in [5.41, 5.74) is 1.11. The van der Waals surface area contributed by atoms with Gasteiger partial charge in [0.05, 0.1) is 24.0 Å². The third kappa shape index (κ3) is 2.88. The Morgan fingerprint density at radius 1 is 1.55 bits per heavy atom. The Kier molecular flexibility index (Phi) is 4.79. The first-order valence-corrected chi connectivity index (χ1v) is 8.22. The van der Waals surface area contributed by atoms with Gasteiger partial charge in [0.1, 0.15) is 4.90 Å². The highest BCUT2D eigenvalue weighted by atomic mass is 32.2. The summed E-state index contributed by atoms with van der Waals surface area (Å²) in [6.45, 7) is 5.96. The number of nitrogens with zero attached hydrogens (tertiary/aromatic N) is 2. The zero-order valence-electron chi connectivity index (χ0n) is 12.1. The van der Waals surface area contributed by atoms with Crippen molar-refractivity contribution < 1.29 is 13.2 Å². The van der Waals surface area contributed by atoms with Gasteiger partial charge < -0.3 is 10.1 Å². The molecule has 114 valence electrons. The van der Waals surface area contributed by atoms with Crippen LogP contribution in [0.5, 0.6) is 0 Å². The SMILES string of the molecule is CCNCc1n[nH]c(C)c1S(=O)(=O)N(C)C1CCOC1. The Morgan fingerprint density at radius 2 is 2.30 bits per heavy atom. The van der Waals surface area contributed by atoms with Crippen molar-refractivity contribution in [2.75, 3.05) is 26.8 Å². The first-order valence-electron chi connectivity index (χ1n) is 6.78. The largest absolute Gasteiger partial charge is 0.380 e. The molecule has 0 amide bonds. The van der Waals surface area contributed by atoms with Crippen molar-refractivity contribution in [1.29, 1.82) is 0 Å². The van der Waals surface area contributed by atoms with E-state index in [1.807, 2.05) is 6.92 Å². The molecule has 7 nitrogen and oxygen atoms in total. The minimum Gasteiger partial charge on any atom is -0.380 e. The lowest BCUT2D eigenvalue weighted by Crippen LogP contribution is -2.38. The number of likely N-dealkylation sites (N-methyl/N-ethyl adjacent to an activating group) is 1. The lowest BCUT2D eigenvalue weighted by atomic mass is 10.3. The van der Waals surface area contributed by atoms with Crippen LogP contribution in [0.2, 0.25) is 0 Å². The molecule has 1 aliphatic heterocycles. The van der Waals surface area contributed by atoms with Gasteiger partial charge in [-0.25, -0.2) is 8.42 Å². The molecule has 0 bridgehead atoms. The van der Waals surface area contributed by atoms with E-state index in [0.717, 1.165) is 13.0 Å². The van der Waals surface area contributed by atoms with Gasteiger partial charge in [-0.15, -0.1) is 0 Å². The molecule has 0 radical (unpaired) electrons. The van der Waals surface area contributed by atoms with Gasteiger partial charge in [-0.3, -0.25) is 5.10 Å². The molecule has 2 N–H and O–H groups in total. The minimum absolute atomic E-state index is 0.0960. The molecular formula is C12H22N4O3S. The summed E-state index contributed by atoms with van der Waals surface area (Å²) in [6.07, 6.45) is 0.731. The standard InChI is InChI=1S/C12H22N4O3S/c1-4-13-7-11-12(9(2)14-15-11)20(17,18)16(3)10-5-6-19-8-10/h10,13H,4-8H2,1-3H3,(H,14,15). The quantitative estimate of drug-likeness (QED) is 0.786. The highest BCUT2D eigenvalue weighted by Gasteiger charge is 2.34. The zero-order valence-corrected chi connectivity index (χ0v) is 13.0. The maximum Gasteiger partial charge on any atom is 0.246 e.